The van der Waals surface area contributed by atoms with Crippen LogP contribution in [0.15, 0.2) is 28.1 Å². The van der Waals surface area contributed by atoms with Crippen LogP contribution in [-0.4, -0.2) is 22.4 Å². The highest BCUT2D eigenvalue weighted by atomic mass is 79.9. The van der Waals surface area contributed by atoms with Gasteiger partial charge in [0.2, 0.25) is 5.78 Å². The molecule has 0 saturated heterocycles. The molecule has 4 nitrogen and oxygen atoms in total. The van der Waals surface area contributed by atoms with Crippen LogP contribution in [0.5, 0.6) is 0 Å². The summed E-state index contributed by atoms with van der Waals surface area (Å²) in [5.41, 5.74) is 1.55. The molecule has 128 valence electrons. The minimum atomic E-state index is -0.289. The third kappa shape index (κ3) is 3.35. The summed E-state index contributed by atoms with van der Waals surface area (Å²) < 4.78 is 8.25. The molecule has 0 amide bonds. The van der Waals surface area contributed by atoms with Crippen molar-refractivity contribution < 1.29 is 14.3 Å². The molecule has 1 aliphatic heterocycles. The van der Waals surface area contributed by atoms with Gasteiger partial charge >= 0.3 is 5.97 Å². The lowest BCUT2D eigenvalue weighted by molar-refractivity contribution is -0.149. The maximum atomic E-state index is 12.9. The summed E-state index contributed by atoms with van der Waals surface area (Å²) in [6.45, 7) is 4.48. The van der Waals surface area contributed by atoms with Gasteiger partial charge in [-0.05, 0) is 66.2 Å². The predicted octanol–water partition coefficient (Wildman–Crippen LogP) is 4.76. The minimum absolute atomic E-state index is 0.000928. The molecule has 3 heterocycles. The van der Waals surface area contributed by atoms with E-state index in [0.717, 1.165) is 36.0 Å². The molecule has 0 radical (unpaired) electrons. The fourth-order valence-corrected chi connectivity index (χ4v) is 4.63. The Morgan fingerprint density at radius 1 is 1.29 bits per heavy atom. The van der Waals surface area contributed by atoms with E-state index < -0.39 is 0 Å². The lowest BCUT2D eigenvalue weighted by Crippen LogP contribution is -2.21. The highest BCUT2D eigenvalue weighted by Gasteiger charge is 2.30. The zero-order chi connectivity index (χ0) is 17.3. The summed E-state index contributed by atoms with van der Waals surface area (Å²) >= 11 is 4.86. The van der Waals surface area contributed by atoms with Crippen molar-refractivity contribution in [3.05, 3.63) is 44.3 Å². The first-order chi connectivity index (χ1) is 11.5. The van der Waals surface area contributed by atoms with Gasteiger partial charge in [0, 0.05) is 16.7 Å². The molecule has 0 fully saturated rings. The maximum absolute atomic E-state index is 12.9. The van der Waals surface area contributed by atoms with Crippen LogP contribution in [0.4, 0.5) is 0 Å². The Bertz CT molecular complexity index is 762. The number of hydrogen-bond donors (Lipinski definition) is 0. The van der Waals surface area contributed by atoms with E-state index in [1.807, 2.05) is 42.0 Å². The molecule has 24 heavy (non-hydrogen) atoms. The maximum Gasteiger partial charge on any atom is 0.315 e. The van der Waals surface area contributed by atoms with Crippen LogP contribution in [0.1, 0.15) is 60.1 Å². The monoisotopic (exact) mass is 409 g/mol. The standard InChI is InChI=1S/C18H20BrNO3S/c1-11(2)23-18(22)12-5-3-4-9-20-14(12)6-7-15(20)16(21)17-13(19)8-10-24-17/h6-8,10-12H,3-5,9H2,1-2H3. The Morgan fingerprint density at radius 2 is 2.08 bits per heavy atom. The molecule has 0 spiro atoms. The van der Waals surface area contributed by atoms with Crippen LogP contribution in [-0.2, 0) is 16.1 Å². The number of carbonyl (C=O) groups excluding carboxylic acids is 2. The predicted molar refractivity (Wildman–Crippen MR) is 97.7 cm³/mol. The third-order valence-corrected chi connectivity index (χ3v) is 6.02. The van der Waals surface area contributed by atoms with Crippen molar-refractivity contribution in [2.45, 2.75) is 51.7 Å². The van der Waals surface area contributed by atoms with Gasteiger partial charge in [-0.15, -0.1) is 11.3 Å². The van der Waals surface area contributed by atoms with Crippen molar-refractivity contribution in [1.29, 1.82) is 0 Å². The van der Waals surface area contributed by atoms with E-state index in [2.05, 4.69) is 15.9 Å². The average molecular weight is 410 g/mol. The number of aromatic nitrogens is 1. The Labute approximate surface area is 153 Å². The summed E-state index contributed by atoms with van der Waals surface area (Å²) in [4.78, 5) is 26.0. The van der Waals surface area contributed by atoms with Gasteiger partial charge in [0.05, 0.1) is 22.6 Å². The summed E-state index contributed by atoms with van der Waals surface area (Å²) in [6, 6.07) is 5.63. The highest BCUT2D eigenvalue weighted by Crippen LogP contribution is 2.32. The quantitative estimate of drug-likeness (QED) is 0.539. The van der Waals surface area contributed by atoms with E-state index in [4.69, 9.17) is 4.74 Å². The lowest BCUT2D eigenvalue weighted by atomic mass is 10.00. The van der Waals surface area contributed by atoms with Gasteiger partial charge in [-0.25, -0.2) is 0 Å². The topological polar surface area (TPSA) is 48.3 Å². The minimum Gasteiger partial charge on any atom is -0.462 e. The van der Waals surface area contributed by atoms with Gasteiger partial charge < -0.3 is 9.30 Å². The molecule has 3 rings (SSSR count). The Kier molecular flexibility index (Phi) is 5.25. The summed E-state index contributed by atoms with van der Waals surface area (Å²) in [5, 5.41) is 1.90. The zero-order valence-electron chi connectivity index (χ0n) is 13.8. The number of nitrogens with zero attached hydrogens (tertiary/aromatic N) is 1. The number of esters is 1. The van der Waals surface area contributed by atoms with Crippen LogP contribution in [0.25, 0.3) is 0 Å². The Hall–Kier alpha value is -1.40. The van der Waals surface area contributed by atoms with Crippen molar-refractivity contribution in [2.24, 2.45) is 0 Å². The number of ether oxygens (including phenoxy) is 1. The van der Waals surface area contributed by atoms with Crippen LogP contribution < -0.4 is 0 Å². The lowest BCUT2D eigenvalue weighted by Gasteiger charge is -2.17. The second-order valence-corrected chi connectivity index (χ2v) is 8.03. The summed E-state index contributed by atoms with van der Waals surface area (Å²) in [7, 11) is 0. The van der Waals surface area contributed by atoms with Crippen molar-refractivity contribution in [3.63, 3.8) is 0 Å². The largest absolute Gasteiger partial charge is 0.462 e. The van der Waals surface area contributed by atoms with Gasteiger partial charge in [-0.3, -0.25) is 9.59 Å². The molecule has 0 saturated carbocycles. The number of halogens is 1. The van der Waals surface area contributed by atoms with Crippen molar-refractivity contribution in [1.82, 2.24) is 4.57 Å². The summed E-state index contributed by atoms with van der Waals surface area (Å²) in [5.74, 6) is -0.480. The van der Waals surface area contributed by atoms with Gasteiger partial charge in [0.15, 0.2) is 0 Å². The Morgan fingerprint density at radius 3 is 2.75 bits per heavy atom. The second-order valence-electron chi connectivity index (χ2n) is 6.26. The molecule has 0 N–H and O–H groups in total. The van der Waals surface area contributed by atoms with Gasteiger partial charge in [0.1, 0.15) is 0 Å². The Balaban J connectivity index is 1.96. The molecule has 1 atom stereocenters. The fraction of sp³-hybridized carbons (Fsp3) is 0.444. The number of rotatable bonds is 4. The first-order valence-electron chi connectivity index (χ1n) is 8.16. The first-order valence-corrected chi connectivity index (χ1v) is 9.84. The van der Waals surface area contributed by atoms with Crippen molar-refractivity contribution >= 4 is 39.0 Å². The molecule has 1 unspecified atom stereocenters. The van der Waals surface area contributed by atoms with Crippen LogP contribution in [0.2, 0.25) is 0 Å². The van der Waals surface area contributed by atoms with E-state index >= 15 is 0 Å². The third-order valence-electron chi connectivity index (χ3n) is 4.19. The average Bonchev–Trinajstić information content (AvgIpc) is 3.07. The van der Waals surface area contributed by atoms with E-state index in [9.17, 15) is 9.59 Å². The molecular formula is C18H20BrNO3S. The van der Waals surface area contributed by atoms with E-state index in [1.165, 1.54) is 11.3 Å². The summed E-state index contributed by atoms with van der Waals surface area (Å²) in [6.07, 6.45) is 2.55. The molecule has 0 aromatic carbocycles. The number of thiophene rings is 1. The van der Waals surface area contributed by atoms with Gasteiger partial charge in [-0.2, -0.15) is 0 Å². The number of carbonyl (C=O) groups is 2. The molecule has 0 bridgehead atoms. The highest BCUT2D eigenvalue weighted by molar-refractivity contribution is 9.10. The zero-order valence-corrected chi connectivity index (χ0v) is 16.2. The fourth-order valence-electron chi connectivity index (χ4n) is 3.13. The molecule has 6 heteroatoms. The normalized spacial score (nSPS) is 17.4. The van der Waals surface area contributed by atoms with Crippen LogP contribution in [0, 0.1) is 0 Å². The smallest absolute Gasteiger partial charge is 0.315 e. The molecule has 2 aromatic heterocycles. The molecule has 0 aliphatic carbocycles. The van der Waals surface area contributed by atoms with Crippen LogP contribution >= 0.6 is 27.3 Å². The molecule has 1 aliphatic rings. The second kappa shape index (κ2) is 7.23. The van der Waals surface area contributed by atoms with E-state index in [-0.39, 0.29) is 23.8 Å². The number of fused-ring (bicyclic) bond motifs is 1. The number of hydrogen-bond acceptors (Lipinski definition) is 4. The SMILES string of the molecule is CC(C)OC(=O)C1CCCCn2c(C(=O)c3sccc3Br)ccc21. The van der Waals surface area contributed by atoms with Gasteiger partial charge in [0.25, 0.3) is 0 Å². The van der Waals surface area contributed by atoms with E-state index in [1.54, 1.807) is 0 Å². The van der Waals surface area contributed by atoms with Crippen molar-refractivity contribution in [2.75, 3.05) is 0 Å². The molecular weight excluding hydrogens is 390 g/mol. The van der Waals surface area contributed by atoms with Crippen molar-refractivity contribution in [3.8, 4) is 0 Å². The van der Waals surface area contributed by atoms with Crippen LogP contribution in [0.3, 0.4) is 0 Å². The first kappa shape index (κ1) is 17.4. The number of ketones is 1. The molecule has 2 aromatic rings. The van der Waals surface area contributed by atoms with Gasteiger partial charge in [-0.1, -0.05) is 6.42 Å². The van der Waals surface area contributed by atoms with E-state index in [0.29, 0.717) is 10.6 Å².